The second kappa shape index (κ2) is 3.74. The standard InChI is InChI=1S/C8H14N4O/c13-6-8-10-9-7-12(8)11-4-2-1-3-5-11/h7,13H,1-6H2. The Kier molecular flexibility index (Phi) is 2.44. The summed E-state index contributed by atoms with van der Waals surface area (Å²) in [5, 5.41) is 18.8. The number of hydrogen-bond acceptors (Lipinski definition) is 4. The van der Waals surface area contributed by atoms with Gasteiger partial charge in [-0.3, -0.25) is 0 Å². The summed E-state index contributed by atoms with van der Waals surface area (Å²) in [4.78, 5) is 0. The van der Waals surface area contributed by atoms with Gasteiger partial charge in [0.15, 0.2) is 5.82 Å². The summed E-state index contributed by atoms with van der Waals surface area (Å²) in [6.07, 6.45) is 5.38. The molecule has 1 N–H and O–H groups in total. The van der Waals surface area contributed by atoms with Gasteiger partial charge in [-0.1, -0.05) is 0 Å². The minimum absolute atomic E-state index is 0.0451. The zero-order valence-corrected chi connectivity index (χ0v) is 7.56. The van der Waals surface area contributed by atoms with Gasteiger partial charge in [-0.25, -0.2) is 4.68 Å². The molecule has 0 amide bonds. The SMILES string of the molecule is OCc1nncn1N1CCCCC1. The van der Waals surface area contributed by atoms with Gasteiger partial charge in [-0.05, 0) is 19.3 Å². The van der Waals surface area contributed by atoms with Crippen molar-refractivity contribution in [3.8, 4) is 0 Å². The van der Waals surface area contributed by atoms with Crippen molar-refractivity contribution in [2.24, 2.45) is 0 Å². The number of rotatable bonds is 2. The van der Waals surface area contributed by atoms with Gasteiger partial charge >= 0.3 is 0 Å². The van der Waals surface area contributed by atoms with Crippen LogP contribution in [0.2, 0.25) is 0 Å². The second-order valence-electron chi connectivity index (χ2n) is 3.26. The summed E-state index contributed by atoms with van der Waals surface area (Å²) >= 11 is 0. The molecule has 0 aromatic carbocycles. The molecular formula is C8H14N4O. The molecule has 0 spiro atoms. The van der Waals surface area contributed by atoms with Crippen molar-refractivity contribution in [3.63, 3.8) is 0 Å². The Morgan fingerprint density at radius 1 is 1.31 bits per heavy atom. The van der Waals surface area contributed by atoms with Crippen LogP contribution in [0.3, 0.4) is 0 Å². The Labute approximate surface area is 77.0 Å². The molecule has 0 atom stereocenters. The van der Waals surface area contributed by atoms with Crippen molar-refractivity contribution in [3.05, 3.63) is 12.2 Å². The van der Waals surface area contributed by atoms with Crippen LogP contribution in [0.5, 0.6) is 0 Å². The number of piperidine rings is 1. The van der Waals surface area contributed by atoms with E-state index in [0.29, 0.717) is 5.82 Å². The van der Waals surface area contributed by atoms with Crippen molar-refractivity contribution in [1.29, 1.82) is 0 Å². The molecule has 0 radical (unpaired) electrons. The topological polar surface area (TPSA) is 54.2 Å². The van der Waals surface area contributed by atoms with Crippen LogP contribution in [0.1, 0.15) is 25.1 Å². The summed E-state index contributed by atoms with van der Waals surface area (Å²) in [7, 11) is 0. The molecule has 5 nitrogen and oxygen atoms in total. The molecule has 5 heteroatoms. The van der Waals surface area contributed by atoms with E-state index < -0.39 is 0 Å². The predicted molar refractivity (Wildman–Crippen MR) is 47.7 cm³/mol. The van der Waals surface area contributed by atoms with Gasteiger partial charge in [0.2, 0.25) is 0 Å². The highest BCUT2D eigenvalue weighted by molar-refractivity contribution is 4.95. The van der Waals surface area contributed by atoms with Gasteiger partial charge in [-0.2, -0.15) is 0 Å². The Morgan fingerprint density at radius 3 is 2.77 bits per heavy atom. The van der Waals surface area contributed by atoms with Crippen LogP contribution in [-0.4, -0.2) is 33.1 Å². The Balaban J connectivity index is 2.13. The Bertz CT molecular complexity index is 267. The highest BCUT2D eigenvalue weighted by Crippen LogP contribution is 2.08. The number of aliphatic hydroxyl groups excluding tert-OH is 1. The van der Waals surface area contributed by atoms with Crippen molar-refractivity contribution in [1.82, 2.24) is 14.9 Å². The maximum Gasteiger partial charge on any atom is 0.177 e. The average molecular weight is 182 g/mol. The summed E-state index contributed by atoms with van der Waals surface area (Å²) < 4.78 is 1.86. The van der Waals surface area contributed by atoms with Gasteiger partial charge < -0.3 is 10.1 Å². The highest BCUT2D eigenvalue weighted by Gasteiger charge is 2.13. The van der Waals surface area contributed by atoms with E-state index in [4.69, 9.17) is 5.11 Å². The normalized spacial score (nSPS) is 17.8. The van der Waals surface area contributed by atoms with Gasteiger partial charge in [0, 0.05) is 13.1 Å². The molecule has 1 aliphatic rings. The number of nitrogens with zero attached hydrogens (tertiary/aromatic N) is 4. The van der Waals surface area contributed by atoms with Crippen LogP contribution in [0.15, 0.2) is 6.33 Å². The van der Waals surface area contributed by atoms with E-state index in [2.05, 4.69) is 15.2 Å². The summed E-state index contributed by atoms with van der Waals surface area (Å²) in [5.74, 6) is 0.627. The summed E-state index contributed by atoms with van der Waals surface area (Å²) in [6, 6.07) is 0. The van der Waals surface area contributed by atoms with Crippen LogP contribution < -0.4 is 5.01 Å². The first-order chi connectivity index (χ1) is 6.42. The molecule has 1 aromatic rings. The Hall–Kier alpha value is -1.10. The third kappa shape index (κ3) is 1.65. The zero-order valence-electron chi connectivity index (χ0n) is 7.56. The van der Waals surface area contributed by atoms with Crippen LogP contribution in [-0.2, 0) is 6.61 Å². The van der Waals surface area contributed by atoms with Crippen LogP contribution in [0.4, 0.5) is 0 Å². The lowest BCUT2D eigenvalue weighted by Crippen LogP contribution is -2.39. The molecule has 0 bridgehead atoms. The summed E-state index contributed by atoms with van der Waals surface area (Å²) in [6.45, 7) is 2.02. The zero-order chi connectivity index (χ0) is 9.10. The minimum atomic E-state index is -0.0451. The molecule has 0 saturated carbocycles. The third-order valence-corrected chi connectivity index (χ3v) is 2.38. The molecule has 2 rings (SSSR count). The molecule has 13 heavy (non-hydrogen) atoms. The summed E-state index contributed by atoms with van der Waals surface area (Å²) in [5.41, 5.74) is 0. The van der Waals surface area contributed by atoms with Crippen LogP contribution in [0.25, 0.3) is 0 Å². The van der Waals surface area contributed by atoms with Gasteiger partial charge in [0.1, 0.15) is 12.9 Å². The molecular weight excluding hydrogens is 168 g/mol. The first kappa shape index (κ1) is 8.50. The lowest BCUT2D eigenvalue weighted by atomic mass is 10.2. The van der Waals surface area contributed by atoms with E-state index in [-0.39, 0.29) is 6.61 Å². The molecule has 0 aliphatic carbocycles. The lowest BCUT2D eigenvalue weighted by Gasteiger charge is -2.29. The number of aromatic nitrogens is 3. The van der Waals surface area contributed by atoms with E-state index in [9.17, 15) is 0 Å². The monoisotopic (exact) mass is 182 g/mol. The van der Waals surface area contributed by atoms with Crippen molar-refractivity contribution < 1.29 is 5.11 Å². The predicted octanol–water partition coefficient (Wildman–Crippen LogP) is -0.108. The van der Waals surface area contributed by atoms with E-state index in [1.165, 1.54) is 19.3 Å². The largest absolute Gasteiger partial charge is 0.388 e. The molecule has 0 unspecified atom stereocenters. The van der Waals surface area contributed by atoms with Crippen molar-refractivity contribution >= 4 is 0 Å². The molecule has 2 heterocycles. The third-order valence-electron chi connectivity index (χ3n) is 2.38. The lowest BCUT2D eigenvalue weighted by molar-refractivity contribution is 0.262. The first-order valence-electron chi connectivity index (χ1n) is 4.67. The maximum absolute atomic E-state index is 8.99. The molecule has 1 aromatic heterocycles. The fourth-order valence-corrected chi connectivity index (χ4v) is 1.69. The van der Waals surface area contributed by atoms with E-state index >= 15 is 0 Å². The van der Waals surface area contributed by atoms with E-state index in [1.54, 1.807) is 6.33 Å². The number of aliphatic hydroxyl groups is 1. The molecule has 1 aliphatic heterocycles. The Morgan fingerprint density at radius 2 is 2.08 bits per heavy atom. The van der Waals surface area contributed by atoms with Gasteiger partial charge in [0.25, 0.3) is 0 Å². The van der Waals surface area contributed by atoms with Crippen LogP contribution in [0, 0.1) is 0 Å². The first-order valence-corrected chi connectivity index (χ1v) is 4.67. The quantitative estimate of drug-likeness (QED) is 0.693. The van der Waals surface area contributed by atoms with Crippen molar-refractivity contribution in [2.75, 3.05) is 18.1 Å². The highest BCUT2D eigenvalue weighted by atomic mass is 16.3. The fraction of sp³-hybridized carbons (Fsp3) is 0.750. The van der Waals surface area contributed by atoms with Gasteiger partial charge in [-0.15, -0.1) is 10.2 Å². The molecule has 1 fully saturated rings. The minimum Gasteiger partial charge on any atom is -0.388 e. The average Bonchev–Trinajstić information content (AvgIpc) is 2.67. The number of hydrogen-bond donors (Lipinski definition) is 1. The van der Waals surface area contributed by atoms with Crippen LogP contribution >= 0.6 is 0 Å². The van der Waals surface area contributed by atoms with Crippen molar-refractivity contribution in [2.45, 2.75) is 25.9 Å². The van der Waals surface area contributed by atoms with E-state index in [0.717, 1.165) is 13.1 Å². The molecule has 1 saturated heterocycles. The smallest absolute Gasteiger partial charge is 0.177 e. The maximum atomic E-state index is 8.99. The second-order valence-corrected chi connectivity index (χ2v) is 3.26. The van der Waals surface area contributed by atoms with E-state index in [1.807, 2.05) is 4.68 Å². The fourth-order valence-electron chi connectivity index (χ4n) is 1.69. The van der Waals surface area contributed by atoms with Gasteiger partial charge in [0.05, 0.1) is 0 Å². The molecule has 72 valence electrons.